The predicted molar refractivity (Wildman–Crippen MR) is 305 cm³/mol. The van der Waals surface area contributed by atoms with Gasteiger partial charge in [-0.1, -0.05) is 60.1 Å². The molecule has 5 amide bonds. The molecule has 1 fully saturated rings. The number of aromatic nitrogens is 2. The van der Waals surface area contributed by atoms with Crippen LogP contribution in [0.15, 0.2) is 88.5 Å². The topological polar surface area (TPSA) is 272 Å². The Balaban J connectivity index is 0.000000248. The molecule has 0 radical (unpaired) electrons. The smallest absolute Gasteiger partial charge is 0.416 e. The van der Waals surface area contributed by atoms with Gasteiger partial charge in [0.05, 0.1) is 39.3 Å². The number of hydrogen-bond donors (Lipinski definition) is 4. The number of aromatic amines is 1. The normalized spacial score (nSPS) is 13.0. The molecular formula is C55H64Cl3F3N8O14. The van der Waals surface area contributed by atoms with Gasteiger partial charge >= 0.3 is 42.0 Å². The molecular weight excluding hydrogens is 1160 g/mol. The van der Waals surface area contributed by atoms with E-state index < -0.39 is 58.1 Å². The first kappa shape index (κ1) is 67.6. The van der Waals surface area contributed by atoms with Crippen molar-refractivity contribution in [2.45, 2.75) is 110 Å². The van der Waals surface area contributed by atoms with Crippen molar-refractivity contribution in [3.63, 3.8) is 0 Å². The maximum Gasteiger partial charge on any atom is 0.416 e. The Labute approximate surface area is 490 Å². The number of nitro benzene ring substituents is 1. The van der Waals surface area contributed by atoms with E-state index in [1.54, 1.807) is 63.5 Å². The van der Waals surface area contributed by atoms with Crippen LogP contribution < -0.4 is 36.7 Å². The monoisotopic (exact) mass is 1220 g/mol. The van der Waals surface area contributed by atoms with Gasteiger partial charge in [0.25, 0.3) is 11.2 Å². The Hall–Kier alpha value is -7.87. The molecule has 0 saturated heterocycles. The lowest BCUT2D eigenvalue weighted by Crippen LogP contribution is -2.42. The van der Waals surface area contributed by atoms with Crippen LogP contribution in [-0.4, -0.2) is 101 Å². The van der Waals surface area contributed by atoms with Crippen LogP contribution in [0.3, 0.4) is 0 Å². The van der Waals surface area contributed by atoms with Gasteiger partial charge in [0.1, 0.15) is 22.8 Å². The number of aryl methyl sites for hydroxylation is 1. The first-order valence-electron chi connectivity index (χ1n) is 25.6. The largest absolute Gasteiger partial charge is 0.463 e. The van der Waals surface area contributed by atoms with Crippen LogP contribution in [0.25, 0.3) is 0 Å². The number of anilines is 2. The number of ether oxygens (including phenoxy) is 4. The second-order valence-corrected chi connectivity index (χ2v) is 20.8. The Morgan fingerprint density at radius 3 is 2.07 bits per heavy atom. The highest BCUT2D eigenvalue weighted by atomic mass is 35.5. The van der Waals surface area contributed by atoms with Crippen molar-refractivity contribution in [1.82, 2.24) is 24.8 Å². The number of urea groups is 2. The molecule has 4 N–H and O–H groups in total. The number of nitrogens with zero attached hydrogens (tertiary/aromatic N) is 4. The lowest BCUT2D eigenvalue weighted by atomic mass is 9.95. The van der Waals surface area contributed by atoms with Crippen LogP contribution >= 0.6 is 34.8 Å². The number of H-pyrrole nitrogens is 1. The highest BCUT2D eigenvalue weighted by molar-refractivity contribution is 6.42. The van der Waals surface area contributed by atoms with E-state index in [9.17, 15) is 56.8 Å². The van der Waals surface area contributed by atoms with Crippen LogP contribution in [0.5, 0.6) is 17.2 Å². The average molecular weight is 1220 g/mol. The number of nitrogens with one attached hydrogen (secondary N) is 4. The highest BCUT2D eigenvalue weighted by Gasteiger charge is 2.32. The Morgan fingerprint density at radius 2 is 1.48 bits per heavy atom. The number of benzene rings is 4. The zero-order valence-corrected chi connectivity index (χ0v) is 49.1. The second kappa shape index (κ2) is 31.0. The maximum atomic E-state index is 12.8. The fraction of sp³-hybridized carbons (Fsp3) is 0.400. The Morgan fingerprint density at radius 1 is 0.819 bits per heavy atom. The predicted octanol–water partition coefficient (Wildman–Crippen LogP) is 12.4. The molecule has 450 valence electrons. The number of alkyl halides is 3. The highest BCUT2D eigenvalue weighted by Crippen LogP contribution is 2.38. The first-order valence-corrected chi connectivity index (χ1v) is 26.8. The van der Waals surface area contributed by atoms with E-state index in [1.165, 1.54) is 37.0 Å². The van der Waals surface area contributed by atoms with Crippen molar-refractivity contribution in [3.8, 4) is 17.2 Å². The number of amides is 5. The number of nitro groups is 1. The second-order valence-electron chi connectivity index (χ2n) is 19.5. The molecule has 0 aliphatic heterocycles. The number of hydrogen-bond acceptors (Lipinski definition) is 14. The zero-order valence-electron chi connectivity index (χ0n) is 46.8. The zero-order chi connectivity index (χ0) is 61.9. The molecule has 28 heteroatoms. The van der Waals surface area contributed by atoms with Crippen molar-refractivity contribution >= 4 is 82.0 Å². The van der Waals surface area contributed by atoms with E-state index in [0.29, 0.717) is 33.2 Å². The molecule has 4 aromatic carbocycles. The number of carbonyl (C=O) groups excluding carboxylic acids is 5. The number of carbonyl (C=O) groups is 5. The summed E-state index contributed by atoms with van der Waals surface area (Å²) in [5.74, 6) is -1.99. The van der Waals surface area contributed by atoms with E-state index in [4.69, 9.17) is 58.6 Å². The van der Waals surface area contributed by atoms with Crippen molar-refractivity contribution < 1.29 is 65.9 Å². The third-order valence-electron chi connectivity index (χ3n) is 11.8. The van der Waals surface area contributed by atoms with Gasteiger partial charge < -0.3 is 44.8 Å². The van der Waals surface area contributed by atoms with Crippen molar-refractivity contribution in [2.24, 2.45) is 0 Å². The number of hydroxylamine groups is 2. The molecule has 0 spiro atoms. The summed E-state index contributed by atoms with van der Waals surface area (Å²) in [6.07, 6.45) is 1.65. The summed E-state index contributed by atoms with van der Waals surface area (Å²) < 4.78 is 59.9. The van der Waals surface area contributed by atoms with Crippen LogP contribution in [0.1, 0.15) is 106 Å². The van der Waals surface area contributed by atoms with Gasteiger partial charge in [-0.3, -0.25) is 24.3 Å². The molecule has 1 aromatic heterocycles. The molecule has 1 atom stereocenters. The fourth-order valence-corrected chi connectivity index (χ4v) is 8.22. The average Bonchev–Trinajstić information content (AvgIpc) is 3.95. The minimum atomic E-state index is -4.61. The van der Waals surface area contributed by atoms with E-state index in [-0.39, 0.29) is 52.0 Å². The van der Waals surface area contributed by atoms with E-state index in [0.717, 1.165) is 91.6 Å². The van der Waals surface area contributed by atoms with Gasteiger partial charge in [-0.25, -0.2) is 33.8 Å². The van der Waals surface area contributed by atoms with Crippen molar-refractivity contribution in [2.75, 3.05) is 45.5 Å². The number of fused-ring (bicyclic) bond motifs is 1. The molecule has 1 heterocycles. The summed E-state index contributed by atoms with van der Waals surface area (Å²) in [6.45, 7) is 8.40. The number of rotatable bonds is 12. The molecule has 22 nitrogen and oxygen atoms in total. The van der Waals surface area contributed by atoms with E-state index >= 15 is 0 Å². The molecule has 0 bridgehead atoms. The summed E-state index contributed by atoms with van der Waals surface area (Å²) >= 11 is 17.3. The minimum absolute atomic E-state index is 0.0202. The van der Waals surface area contributed by atoms with Crippen LogP contribution in [0.2, 0.25) is 15.1 Å². The quantitative estimate of drug-likeness (QED) is 0.0514. The molecule has 83 heavy (non-hydrogen) atoms. The fourth-order valence-electron chi connectivity index (χ4n) is 7.71. The SMILES string of the molecule is CCOC(=O)C(C)OC(=O)c1cc(Oc2ccc(C(F)(F)F)cc2Cl)ccc1[N+](=O)[O-].CN(C)C(=O)Nc1cccc(OC(=O)NC(C)(C)C)c1.CON(C)C(=O)Nc1ccc(Cl)c(Cl)c1.O=c1[nH]c2c(c(=O)n1C1CCCCC1)CCC2. The van der Waals surface area contributed by atoms with Crippen LogP contribution in [0.4, 0.5) is 44.6 Å². The van der Waals surface area contributed by atoms with Gasteiger partial charge in [0, 0.05) is 73.6 Å². The Bertz CT molecular complexity index is 3240. The van der Waals surface area contributed by atoms with Gasteiger partial charge in [0.15, 0.2) is 6.10 Å². The molecule has 1 saturated carbocycles. The molecule has 5 aromatic rings. The third-order valence-corrected chi connectivity index (χ3v) is 12.8. The number of halogens is 6. The summed E-state index contributed by atoms with van der Waals surface area (Å²) in [5, 5.41) is 20.7. The van der Waals surface area contributed by atoms with Crippen LogP contribution in [0, 0.1) is 10.1 Å². The van der Waals surface area contributed by atoms with Crippen molar-refractivity contribution in [3.05, 3.63) is 147 Å². The maximum absolute atomic E-state index is 12.8. The summed E-state index contributed by atoms with van der Waals surface area (Å²) in [5.41, 5.74) is 0.105. The minimum Gasteiger partial charge on any atom is -0.463 e. The van der Waals surface area contributed by atoms with Gasteiger partial charge in [-0.15, -0.1) is 0 Å². The third kappa shape index (κ3) is 21.1. The van der Waals surface area contributed by atoms with E-state index in [1.807, 2.05) is 20.8 Å². The molecule has 2 aliphatic rings. The lowest BCUT2D eigenvalue weighted by molar-refractivity contribution is -0.385. The van der Waals surface area contributed by atoms with Crippen LogP contribution in [-0.2, 0) is 38.1 Å². The molecule has 2 aliphatic carbocycles. The number of esters is 2. The summed E-state index contributed by atoms with van der Waals surface area (Å²) in [7, 11) is 6.18. The summed E-state index contributed by atoms with van der Waals surface area (Å²) in [4.78, 5) is 102. The Kier molecular flexibility index (Phi) is 25.2. The standard InChI is InChI=1S/C19H15ClF3NO7.C14H21N3O3.C13H18N2O2.C9H10Cl2N2O2/c1-3-29-17(25)10(2)30-18(26)13-9-12(5-6-15(13)24(27)28)31-16-7-4-11(8-14(16)20)19(21,22)23;1-14(2,3)16-13(19)20-11-8-6-7-10(9-11)15-12(18)17(4)5;16-12-10-7-4-8-11(10)14-13(17)15(12)9-5-2-1-3-6-9;1-13(15-2)9(14)12-6-3-4-7(10)8(11)5-6/h4-10H,3H2,1-2H3;6-9H,1-5H3,(H,15,18)(H,16,19);9H,1-8H2,(H,14,17);3-5H,1-2H3,(H,12,14). The lowest BCUT2D eigenvalue weighted by Gasteiger charge is -2.23. The first-order chi connectivity index (χ1) is 38.9. The van der Waals surface area contributed by atoms with Gasteiger partial charge in [-0.2, -0.15) is 13.2 Å². The van der Waals surface area contributed by atoms with Gasteiger partial charge in [0.2, 0.25) is 0 Å². The van der Waals surface area contributed by atoms with E-state index in [2.05, 4.69) is 20.9 Å². The molecule has 1 unspecified atom stereocenters. The summed E-state index contributed by atoms with van der Waals surface area (Å²) in [6, 6.07) is 16.3. The van der Waals surface area contributed by atoms with Gasteiger partial charge in [-0.05, 0) is 121 Å². The van der Waals surface area contributed by atoms with Crippen molar-refractivity contribution in [1.29, 1.82) is 0 Å². The molecule has 7 rings (SSSR count).